The van der Waals surface area contributed by atoms with Gasteiger partial charge in [-0.1, -0.05) is 0 Å². The fraction of sp³-hybridized carbons (Fsp3) is 1.00. The number of hydrogen-bond acceptors (Lipinski definition) is 3. The van der Waals surface area contributed by atoms with Gasteiger partial charge in [-0.15, -0.1) is 0 Å². The van der Waals surface area contributed by atoms with Gasteiger partial charge in [0.05, 0.1) is 0 Å². The predicted molar refractivity (Wildman–Crippen MR) is 64.5 cm³/mol. The summed E-state index contributed by atoms with van der Waals surface area (Å²) in [5, 5.41) is 1.33. The minimum atomic E-state index is 0.371. The standard InChI is InChI=1S/C10H24AsN3/c1-2-10(12)9-14-7-5-13(4-3-11)6-8-14/h10H,2-9,11-12H2,1H3. The Labute approximate surface area is 96.5 Å². The van der Waals surface area contributed by atoms with E-state index in [2.05, 4.69) is 16.7 Å². The fourth-order valence-corrected chi connectivity index (χ4v) is 2.60. The van der Waals surface area contributed by atoms with Gasteiger partial charge in [0.15, 0.2) is 0 Å². The van der Waals surface area contributed by atoms with Crippen LogP contribution in [0.3, 0.4) is 0 Å². The van der Waals surface area contributed by atoms with Crippen molar-refractivity contribution in [1.29, 1.82) is 0 Å². The summed E-state index contributed by atoms with van der Waals surface area (Å²) in [6.45, 7) is 9.43. The van der Waals surface area contributed by atoms with Crippen molar-refractivity contribution >= 4 is 16.9 Å². The molecule has 0 saturated carbocycles. The van der Waals surface area contributed by atoms with E-state index in [1.54, 1.807) is 0 Å². The van der Waals surface area contributed by atoms with Crippen LogP contribution < -0.4 is 5.73 Å². The van der Waals surface area contributed by atoms with Gasteiger partial charge in [-0.05, 0) is 0 Å². The molecule has 0 spiro atoms. The first-order chi connectivity index (χ1) is 6.76. The molecule has 4 heteroatoms. The van der Waals surface area contributed by atoms with Gasteiger partial charge >= 0.3 is 96.2 Å². The second kappa shape index (κ2) is 6.84. The van der Waals surface area contributed by atoms with Crippen LogP contribution in [0.4, 0.5) is 0 Å². The third kappa shape index (κ3) is 4.31. The summed E-state index contributed by atoms with van der Waals surface area (Å²) in [7, 11) is 0. The van der Waals surface area contributed by atoms with E-state index in [4.69, 9.17) is 5.73 Å². The maximum atomic E-state index is 5.94. The van der Waals surface area contributed by atoms with Gasteiger partial charge in [0.1, 0.15) is 0 Å². The third-order valence-corrected chi connectivity index (χ3v) is 3.47. The van der Waals surface area contributed by atoms with Gasteiger partial charge < -0.3 is 0 Å². The summed E-state index contributed by atoms with van der Waals surface area (Å²) >= 11 is 1.84. The molecule has 0 radical (unpaired) electrons. The summed E-state index contributed by atoms with van der Waals surface area (Å²) in [5.41, 5.74) is 5.94. The van der Waals surface area contributed by atoms with E-state index in [0.29, 0.717) is 6.04 Å². The molecular formula is C10H24AsN3. The van der Waals surface area contributed by atoms with Crippen LogP contribution in [0.1, 0.15) is 13.3 Å². The molecule has 1 aliphatic rings. The Morgan fingerprint density at radius 1 is 1.21 bits per heavy atom. The first-order valence-corrected chi connectivity index (χ1v) is 7.38. The van der Waals surface area contributed by atoms with Gasteiger partial charge in [0.25, 0.3) is 0 Å². The zero-order valence-corrected chi connectivity index (χ0v) is 11.7. The van der Waals surface area contributed by atoms with Crippen LogP contribution in [0.25, 0.3) is 0 Å². The Kier molecular flexibility index (Phi) is 6.11. The van der Waals surface area contributed by atoms with E-state index in [-0.39, 0.29) is 0 Å². The molecule has 0 aromatic rings. The summed E-state index contributed by atoms with van der Waals surface area (Å²) in [6.07, 6.45) is 1.09. The molecule has 0 aromatic carbocycles. The van der Waals surface area contributed by atoms with E-state index in [9.17, 15) is 0 Å². The van der Waals surface area contributed by atoms with E-state index >= 15 is 0 Å². The molecule has 84 valence electrons. The van der Waals surface area contributed by atoms with Crippen molar-refractivity contribution in [3.63, 3.8) is 0 Å². The Morgan fingerprint density at radius 2 is 1.79 bits per heavy atom. The Morgan fingerprint density at radius 3 is 2.29 bits per heavy atom. The number of nitrogens with two attached hydrogens (primary N) is 1. The normalized spacial score (nSPS) is 22.5. The molecule has 0 bridgehead atoms. The predicted octanol–water partition coefficient (Wildman–Crippen LogP) is -0.607. The Hall–Kier alpha value is 0.438. The number of rotatable bonds is 5. The van der Waals surface area contributed by atoms with Crippen molar-refractivity contribution in [2.75, 3.05) is 39.3 Å². The van der Waals surface area contributed by atoms with Crippen LogP contribution >= 0.6 is 0 Å². The first kappa shape index (κ1) is 12.5. The minimum absolute atomic E-state index is 0.371. The SMILES string of the molecule is CCC(N)CN1CCN(CC[AsH2])CC1. The molecule has 0 aliphatic carbocycles. The molecule has 1 heterocycles. The van der Waals surface area contributed by atoms with Crippen molar-refractivity contribution in [3.8, 4) is 0 Å². The topological polar surface area (TPSA) is 32.5 Å². The zero-order valence-electron chi connectivity index (χ0n) is 9.28. The molecule has 1 aliphatic heterocycles. The van der Waals surface area contributed by atoms with E-state index in [0.717, 1.165) is 13.0 Å². The second-order valence-electron chi connectivity index (χ2n) is 4.10. The molecule has 3 nitrogen and oxygen atoms in total. The summed E-state index contributed by atoms with van der Waals surface area (Å²) in [4.78, 5) is 5.07. The molecular weight excluding hydrogens is 237 g/mol. The Bertz CT molecular complexity index is 146. The maximum absolute atomic E-state index is 5.94. The van der Waals surface area contributed by atoms with Crippen molar-refractivity contribution in [1.82, 2.24) is 9.80 Å². The number of nitrogens with zero attached hydrogens (tertiary/aromatic N) is 2. The van der Waals surface area contributed by atoms with Gasteiger partial charge in [0, 0.05) is 0 Å². The molecule has 0 aromatic heterocycles. The molecule has 1 saturated heterocycles. The van der Waals surface area contributed by atoms with Crippen LogP contribution in [0.2, 0.25) is 5.21 Å². The first-order valence-electron chi connectivity index (χ1n) is 5.66. The summed E-state index contributed by atoms with van der Waals surface area (Å²) in [6, 6.07) is 0.371. The van der Waals surface area contributed by atoms with Gasteiger partial charge in [-0.3, -0.25) is 0 Å². The third-order valence-electron chi connectivity index (χ3n) is 2.93. The number of piperazine rings is 1. The second-order valence-corrected chi connectivity index (χ2v) is 5.31. The van der Waals surface area contributed by atoms with Crippen LogP contribution in [-0.4, -0.2) is 72.0 Å². The fourth-order valence-electron chi connectivity index (χ4n) is 1.84. The van der Waals surface area contributed by atoms with Gasteiger partial charge in [-0.25, -0.2) is 0 Å². The zero-order chi connectivity index (χ0) is 10.4. The van der Waals surface area contributed by atoms with E-state index in [1.807, 2.05) is 16.9 Å². The average molecular weight is 261 g/mol. The van der Waals surface area contributed by atoms with Crippen LogP contribution in [0.15, 0.2) is 0 Å². The number of hydrogen-bond donors (Lipinski definition) is 1. The van der Waals surface area contributed by atoms with Crippen LogP contribution in [-0.2, 0) is 0 Å². The quantitative estimate of drug-likeness (QED) is 0.670. The summed E-state index contributed by atoms with van der Waals surface area (Å²) < 4.78 is 0. The molecule has 0 amide bonds. The van der Waals surface area contributed by atoms with E-state index in [1.165, 1.54) is 37.9 Å². The monoisotopic (exact) mass is 261 g/mol. The summed E-state index contributed by atoms with van der Waals surface area (Å²) in [5.74, 6) is 0. The average Bonchev–Trinajstić information content (AvgIpc) is 2.21. The molecule has 14 heavy (non-hydrogen) atoms. The van der Waals surface area contributed by atoms with Crippen molar-refractivity contribution in [2.24, 2.45) is 5.73 Å². The van der Waals surface area contributed by atoms with Crippen LogP contribution in [0, 0.1) is 0 Å². The molecule has 1 fully saturated rings. The van der Waals surface area contributed by atoms with Crippen molar-refractivity contribution in [3.05, 3.63) is 0 Å². The Balaban J connectivity index is 2.15. The molecule has 2 unspecified atom stereocenters. The van der Waals surface area contributed by atoms with E-state index < -0.39 is 0 Å². The van der Waals surface area contributed by atoms with Gasteiger partial charge in [-0.2, -0.15) is 0 Å². The molecule has 2 atom stereocenters. The molecule has 2 N–H and O–H groups in total. The van der Waals surface area contributed by atoms with Crippen molar-refractivity contribution in [2.45, 2.75) is 24.6 Å². The van der Waals surface area contributed by atoms with Gasteiger partial charge in [0.2, 0.25) is 0 Å². The molecule has 1 rings (SSSR count). The van der Waals surface area contributed by atoms with Crippen LogP contribution in [0.5, 0.6) is 0 Å². The van der Waals surface area contributed by atoms with Crippen molar-refractivity contribution < 1.29 is 0 Å².